The van der Waals surface area contributed by atoms with Crippen LogP contribution in [0.25, 0.3) is 0 Å². The van der Waals surface area contributed by atoms with Gasteiger partial charge in [0.1, 0.15) is 11.5 Å². The van der Waals surface area contributed by atoms with E-state index in [1.54, 1.807) is 0 Å². The van der Waals surface area contributed by atoms with E-state index < -0.39 is 22.4 Å². The molecule has 0 aliphatic carbocycles. The van der Waals surface area contributed by atoms with E-state index in [1.807, 2.05) is 0 Å². The van der Waals surface area contributed by atoms with Crippen molar-refractivity contribution in [3.63, 3.8) is 0 Å². The van der Waals surface area contributed by atoms with Gasteiger partial charge in [-0.25, -0.2) is 9.18 Å². The van der Waals surface area contributed by atoms with E-state index in [1.165, 1.54) is 0 Å². The highest BCUT2D eigenvalue weighted by molar-refractivity contribution is 5.92. The zero-order valence-electron chi connectivity index (χ0n) is 11.5. The number of methoxy groups -OCH3 is 1. The third-order valence-corrected chi connectivity index (χ3v) is 3.39. The minimum Gasteiger partial charge on any atom is -0.465 e. The van der Waals surface area contributed by atoms with Crippen molar-refractivity contribution in [1.82, 2.24) is 5.32 Å². The molecule has 0 unspecified atom stereocenters. The number of rotatable bonds is 4. The first-order chi connectivity index (χ1) is 10.0. The number of nitro benzene ring substituents is 1. The first-order valence-electron chi connectivity index (χ1n) is 6.56. The van der Waals surface area contributed by atoms with Gasteiger partial charge in [-0.1, -0.05) is 0 Å². The van der Waals surface area contributed by atoms with Gasteiger partial charge >= 0.3 is 5.97 Å². The van der Waals surface area contributed by atoms with E-state index in [4.69, 9.17) is 0 Å². The molecule has 21 heavy (non-hydrogen) atoms. The number of piperidine rings is 1. The highest BCUT2D eigenvalue weighted by Crippen LogP contribution is 2.29. The van der Waals surface area contributed by atoms with Gasteiger partial charge in [-0.3, -0.25) is 10.1 Å². The first kappa shape index (κ1) is 15.2. The molecule has 1 fully saturated rings. The lowest BCUT2D eigenvalue weighted by atomic mass is 10.1. The van der Waals surface area contributed by atoms with Crippen LogP contribution in [0.15, 0.2) is 12.1 Å². The fraction of sp³-hybridized carbons (Fsp3) is 0.462. The van der Waals surface area contributed by atoms with E-state index in [2.05, 4.69) is 15.4 Å². The lowest BCUT2D eigenvalue weighted by Crippen LogP contribution is -2.35. The van der Waals surface area contributed by atoms with Crippen molar-refractivity contribution in [2.45, 2.75) is 18.9 Å². The molecular formula is C13H16FN3O4. The summed E-state index contributed by atoms with van der Waals surface area (Å²) in [4.78, 5) is 21.9. The molecule has 0 saturated carbocycles. The topological polar surface area (TPSA) is 93.5 Å². The SMILES string of the molecule is COC(=O)c1cc(NC2CCNCC2)c([N+](=O)[O-])cc1F. The molecule has 0 spiro atoms. The lowest BCUT2D eigenvalue weighted by Gasteiger charge is -2.24. The Kier molecular flexibility index (Phi) is 4.69. The molecule has 1 saturated heterocycles. The van der Waals surface area contributed by atoms with Gasteiger partial charge in [0.15, 0.2) is 0 Å². The predicted molar refractivity (Wildman–Crippen MR) is 73.9 cm³/mol. The van der Waals surface area contributed by atoms with Crippen LogP contribution in [0.5, 0.6) is 0 Å². The number of benzene rings is 1. The normalized spacial score (nSPS) is 15.5. The van der Waals surface area contributed by atoms with Crippen LogP contribution in [0.3, 0.4) is 0 Å². The number of carbonyl (C=O) groups is 1. The minimum atomic E-state index is -0.968. The number of hydrogen-bond donors (Lipinski definition) is 2. The van der Waals surface area contributed by atoms with Crippen molar-refractivity contribution >= 4 is 17.3 Å². The van der Waals surface area contributed by atoms with Crippen molar-refractivity contribution in [2.24, 2.45) is 0 Å². The molecule has 2 rings (SSSR count). The van der Waals surface area contributed by atoms with E-state index in [-0.39, 0.29) is 17.3 Å². The van der Waals surface area contributed by atoms with Crippen molar-refractivity contribution < 1.29 is 18.8 Å². The number of carbonyl (C=O) groups excluding carboxylic acids is 1. The van der Waals surface area contributed by atoms with Gasteiger partial charge in [0, 0.05) is 6.04 Å². The summed E-state index contributed by atoms with van der Waals surface area (Å²) in [6.07, 6.45) is 1.59. The number of hydrogen-bond acceptors (Lipinski definition) is 6. The molecule has 0 radical (unpaired) electrons. The summed E-state index contributed by atoms with van der Waals surface area (Å²) in [6, 6.07) is 1.93. The lowest BCUT2D eigenvalue weighted by molar-refractivity contribution is -0.384. The van der Waals surface area contributed by atoms with Crippen LogP contribution >= 0.6 is 0 Å². The molecule has 0 bridgehead atoms. The molecule has 1 aromatic carbocycles. The summed E-state index contributed by atoms with van der Waals surface area (Å²) in [5, 5.41) is 17.2. The average molecular weight is 297 g/mol. The number of nitrogens with zero attached hydrogens (tertiary/aromatic N) is 1. The predicted octanol–water partition coefficient (Wildman–Crippen LogP) is 1.68. The van der Waals surface area contributed by atoms with Gasteiger partial charge in [0.25, 0.3) is 5.69 Å². The van der Waals surface area contributed by atoms with Crippen LogP contribution in [0.4, 0.5) is 15.8 Å². The molecule has 0 aromatic heterocycles. The van der Waals surface area contributed by atoms with E-state index in [0.29, 0.717) is 0 Å². The number of halogens is 1. The second-order valence-corrected chi connectivity index (χ2v) is 4.77. The maximum Gasteiger partial charge on any atom is 0.340 e. The van der Waals surface area contributed by atoms with Crippen LogP contribution in [0.1, 0.15) is 23.2 Å². The maximum atomic E-state index is 13.8. The smallest absolute Gasteiger partial charge is 0.340 e. The van der Waals surface area contributed by atoms with Gasteiger partial charge in [-0.15, -0.1) is 0 Å². The molecule has 114 valence electrons. The number of anilines is 1. The van der Waals surface area contributed by atoms with E-state index >= 15 is 0 Å². The summed E-state index contributed by atoms with van der Waals surface area (Å²) in [5.41, 5.74) is -0.577. The summed E-state index contributed by atoms with van der Waals surface area (Å²) >= 11 is 0. The summed E-state index contributed by atoms with van der Waals surface area (Å²) in [6.45, 7) is 1.60. The molecule has 1 heterocycles. The summed E-state index contributed by atoms with van der Waals surface area (Å²) < 4.78 is 18.2. The van der Waals surface area contributed by atoms with Gasteiger partial charge < -0.3 is 15.4 Å². The highest BCUT2D eigenvalue weighted by atomic mass is 19.1. The molecule has 0 atom stereocenters. The standard InChI is InChI=1S/C13H16FN3O4/c1-21-13(18)9-6-11(12(17(19)20)7-10(9)14)16-8-2-4-15-5-3-8/h6-8,15-16H,2-5H2,1H3. The van der Waals surface area contributed by atoms with Crippen molar-refractivity contribution in [1.29, 1.82) is 0 Å². The Balaban J connectivity index is 2.35. The second kappa shape index (κ2) is 6.49. The van der Waals surface area contributed by atoms with Gasteiger partial charge in [-0.2, -0.15) is 0 Å². The molecular weight excluding hydrogens is 281 g/mol. The fourth-order valence-electron chi connectivity index (χ4n) is 2.28. The Labute approximate surface area is 120 Å². The van der Waals surface area contributed by atoms with Gasteiger partial charge in [-0.05, 0) is 32.0 Å². The Morgan fingerprint density at radius 3 is 2.71 bits per heavy atom. The van der Waals surface area contributed by atoms with E-state index in [9.17, 15) is 19.3 Å². The van der Waals surface area contributed by atoms with Crippen LogP contribution in [-0.2, 0) is 4.74 Å². The van der Waals surface area contributed by atoms with Crippen LogP contribution in [0, 0.1) is 15.9 Å². The average Bonchev–Trinajstić information content (AvgIpc) is 2.48. The Morgan fingerprint density at radius 1 is 1.48 bits per heavy atom. The molecule has 1 aromatic rings. The number of nitrogens with one attached hydrogen (secondary N) is 2. The Bertz CT molecular complexity index is 559. The quantitative estimate of drug-likeness (QED) is 0.499. The van der Waals surface area contributed by atoms with Gasteiger partial charge in [0.05, 0.1) is 23.7 Å². The van der Waals surface area contributed by atoms with Crippen molar-refractivity contribution in [3.8, 4) is 0 Å². The largest absolute Gasteiger partial charge is 0.465 e. The Morgan fingerprint density at radius 2 is 2.14 bits per heavy atom. The zero-order chi connectivity index (χ0) is 15.4. The monoisotopic (exact) mass is 297 g/mol. The molecule has 7 nitrogen and oxygen atoms in total. The molecule has 0 amide bonds. The van der Waals surface area contributed by atoms with Crippen LogP contribution < -0.4 is 10.6 Å². The zero-order valence-corrected chi connectivity index (χ0v) is 11.5. The number of ether oxygens (including phenoxy) is 1. The summed E-state index contributed by atoms with van der Waals surface area (Å²) in [7, 11) is 1.13. The number of nitro groups is 1. The molecule has 8 heteroatoms. The summed E-state index contributed by atoms with van der Waals surface area (Å²) in [5.74, 6) is -1.83. The third-order valence-electron chi connectivity index (χ3n) is 3.39. The Hall–Kier alpha value is -2.22. The third kappa shape index (κ3) is 3.46. The maximum absolute atomic E-state index is 13.8. The highest BCUT2D eigenvalue weighted by Gasteiger charge is 2.24. The van der Waals surface area contributed by atoms with Crippen LogP contribution in [-0.4, -0.2) is 37.1 Å². The molecule has 1 aliphatic heterocycles. The number of esters is 1. The molecule has 2 N–H and O–H groups in total. The first-order valence-corrected chi connectivity index (χ1v) is 6.56. The van der Waals surface area contributed by atoms with E-state index in [0.717, 1.165) is 45.2 Å². The van der Waals surface area contributed by atoms with Crippen LogP contribution in [0.2, 0.25) is 0 Å². The van der Waals surface area contributed by atoms with Crippen molar-refractivity contribution in [2.75, 3.05) is 25.5 Å². The van der Waals surface area contributed by atoms with Gasteiger partial charge in [0.2, 0.25) is 0 Å². The van der Waals surface area contributed by atoms with Crippen molar-refractivity contribution in [3.05, 3.63) is 33.6 Å². The minimum absolute atomic E-state index is 0.0425. The second-order valence-electron chi connectivity index (χ2n) is 4.77. The molecule has 1 aliphatic rings. The fourth-order valence-corrected chi connectivity index (χ4v) is 2.28.